The van der Waals surface area contributed by atoms with Crippen LogP contribution in [0.25, 0.3) is 0 Å². The molecule has 1 saturated heterocycles. The van der Waals surface area contributed by atoms with Crippen molar-refractivity contribution in [1.29, 1.82) is 0 Å². The molecule has 0 bridgehead atoms. The Balaban J connectivity index is 2.43. The van der Waals surface area contributed by atoms with E-state index in [1.807, 2.05) is 11.8 Å². The summed E-state index contributed by atoms with van der Waals surface area (Å²) in [6.07, 6.45) is 1.88. The first kappa shape index (κ1) is 15.1. The number of urea groups is 1. The van der Waals surface area contributed by atoms with Crippen LogP contribution in [-0.2, 0) is 4.79 Å². The Kier molecular flexibility index (Phi) is 5.78. The van der Waals surface area contributed by atoms with Crippen LogP contribution in [0.4, 0.5) is 4.79 Å². The maximum atomic E-state index is 11.7. The van der Waals surface area contributed by atoms with E-state index in [1.165, 1.54) is 0 Å². The van der Waals surface area contributed by atoms with Crippen molar-refractivity contribution in [1.82, 2.24) is 10.6 Å². The van der Waals surface area contributed by atoms with E-state index in [1.54, 1.807) is 13.8 Å². The van der Waals surface area contributed by atoms with Crippen LogP contribution in [0.3, 0.4) is 0 Å². The highest BCUT2D eigenvalue weighted by Crippen LogP contribution is 2.22. The van der Waals surface area contributed by atoms with Gasteiger partial charge in [0.15, 0.2) is 0 Å². The molecule has 1 aliphatic rings. The molecule has 5 nitrogen and oxygen atoms in total. The summed E-state index contributed by atoms with van der Waals surface area (Å²) in [5.74, 6) is 1.77. The van der Waals surface area contributed by atoms with Crippen LogP contribution in [0.2, 0.25) is 0 Å². The predicted molar refractivity (Wildman–Crippen MR) is 72.9 cm³/mol. The summed E-state index contributed by atoms with van der Waals surface area (Å²) in [5.41, 5.74) is -1.14. The van der Waals surface area contributed by atoms with Crippen molar-refractivity contribution in [3.05, 3.63) is 0 Å². The fraction of sp³-hybridized carbons (Fsp3) is 0.833. The molecule has 18 heavy (non-hydrogen) atoms. The van der Waals surface area contributed by atoms with E-state index in [9.17, 15) is 14.7 Å². The number of carboxylic acid groups (broad SMARTS) is 1. The minimum absolute atomic E-state index is 0.377. The topological polar surface area (TPSA) is 78.4 Å². The fourth-order valence-electron chi connectivity index (χ4n) is 2.03. The van der Waals surface area contributed by atoms with Crippen molar-refractivity contribution in [2.75, 3.05) is 18.1 Å². The van der Waals surface area contributed by atoms with Gasteiger partial charge >= 0.3 is 12.0 Å². The maximum absolute atomic E-state index is 11.7. The molecule has 2 amide bonds. The normalized spacial score (nSPS) is 19.6. The Labute approximate surface area is 112 Å². The lowest BCUT2D eigenvalue weighted by Gasteiger charge is -2.28. The lowest BCUT2D eigenvalue weighted by Crippen LogP contribution is -2.56. The van der Waals surface area contributed by atoms with E-state index >= 15 is 0 Å². The molecule has 0 radical (unpaired) electrons. The average Bonchev–Trinajstić information content (AvgIpc) is 2.86. The van der Waals surface area contributed by atoms with Crippen molar-refractivity contribution < 1.29 is 14.7 Å². The lowest BCUT2D eigenvalue weighted by molar-refractivity contribution is -0.144. The molecule has 6 heteroatoms. The van der Waals surface area contributed by atoms with Gasteiger partial charge in [0.2, 0.25) is 0 Å². The van der Waals surface area contributed by atoms with Crippen LogP contribution in [0.1, 0.15) is 33.1 Å². The molecule has 1 unspecified atom stereocenters. The smallest absolute Gasteiger partial charge is 0.329 e. The zero-order valence-corrected chi connectivity index (χ0v) is 11.8. The molecule has 0 aliphatic carbocycles. The first-order valence-corrected chi connectivity index (χ1v) is 7.56. The van der Waals surface area contributed by atoms with Gasteiger partial charge in [0.05, 0.1) is 0 Å². The number of carboxylic acids is 1. The Morgan fingerprint density at radius 1 is 1.39 bits per heavy atom. The lowest BCUT2D eigenvalue weighted by atomic mass is 9.93. The first-order valence-electron chi connectivity index (χ1n) is 6.41. The van der Waals surface area contributed by atoms with Crippen LogP contribution in [0.5, 0.6) is 0 Å². The standard InChI is InChI=1S/C12H22N2O3S/c1-3-12(4-2,10(15)16)14-11(17)13-7-9-5-6-18-8-9/h9H,3-8H2,1-2H3,(H,15,16)(H2,13,14,17). The van der Waals surface area contributed by atoms with E-state index in [0.717, 1.165) is 17.9 Å². The zero-order valence-electron chi connectivity index (χ0n) is 11.0. The summed E-state index contributed by atoms with van der Waals surface area (Å²) in [6, 6.07) is -0.377. The van der Waals surface area contributed by atoms with E-state index < -0.39 is 11.5 Å². The van der Waals surface area contributed by atoms with Gasteiger partial charge in [-0.2, -0.15) is 11.8 Å². The van der Waals surface area contributed by atoms with Gasteiger partial charge in [-0.3, -0.25) is 0 Å². The number of hydrogen-bond donors (Lipinski definition) is 3. The number of amides is 2. The highest BCUT2D eigenvalue weighted by molar-refractivity contribution is 7.99. The number of aliphatic carboxylic acids is 1. The third-order valence-electron chi connectivity index (χ3n) is 3.54. The van der Waals surface area contributed by atoms with Gasteiger partial charge in [-0.05, 0) is 36.7 Å². The van der Waals surface area contributed by atoms with Gasteiger partial charge in [0, 0.05) is 6.54 Å². The molecule has 104 valence electrons. The number of carbonyl (C=O) groups is 2. The van der Waals surface area contributed by atoms with Gasteiger partial charge in [0.1, 0.15) is 5.54 Å². The molecule has 1 fully saturated rings. The third-order valence-corrected chi connectivity index (χ3v) is 4.78. The molecule has 0 saturated carbocycles. The van der Waals surface area contributed by atoms with E-state index in [2.05, 4.69) is 10.6 Å². The summed E-state index contributed by atoms with van der Waals surface area (Å²) < 4.78 is 0. The predicted octanol–water partition coefficient (Wildman–Crippen LogP) is 1.68. The first-order chi connectivity index (χ1) is 8.54. The van der Waals surface area contributed by atoms with Crippen LogP contribution in [0, 0.1) is 5.92 Å². The molecule has 1 atom stereocenters. The number of nitrogens with one attached hydrogen (secondary N) is 2. The van der Waals surface area contributed by atoms with Gasteiger partial charge in [-0.25, -0.2) is 9.59 Å². The van der Waals surface area contributed by atoms with Crippen LogP contribution >= 0.6 is 11.8 Å². The van der Waals surface area contributed by atoms with Gasteiger partial charge in [-0.1, -0.05) is 13.8 Å². The fourth-order valence-corrected chi connectivity index (χ4v) is 3.31. The molecule has 1 rings (SSSR count). The maximum Gasteiger partial charge on any atom is 0.329 e. The summed E-state index contributed by atoms with van der Waals surface area (Å²) in [4.78, 5) is 23.0. The van der Waals surface area contributed by atoms with Crippen molar-refractivity contribution in [2.24, 2.45) is 5.92 Å². The van der Waals surface area contributed by atoms with E-state index in [-0.39, 0.29) is 6.03 Å². The molecule has 0 aromatic carbocycles. The number of thioether (sulfide) groups is 1. The second-order valence-electron chi connectivity index (χ2n) is 4.66. The molecular formula is C12H22N2O3S. The molecule has 1 aliphatic heterocycles. The summed E-state index contributed by atoms with van der Waals surface area (Å²) in [6.45, 7) is 4.17. The van der Waals surface area contributed by atoms with Crippen LogP contribution in [0.15, 0.2) is 0 Å². The van der Waals surface area contributed by atoms with E-state index in [4.69, 9.17) is 0 Å². The number of carbonyl (C=O) groups excluding carboxylic acids is 1. The zero-order chi connectivity index (χ0) is 13.6. The number of hydrogen-bond acceptors (Lipinski definition) is 3. The molecular weight excluding hydrogens is 252 g/mol. The van der Waals surface area contributed by atoms with Gasteiger partial charge in [0.25, 0.3) is 0 Å². The second-order valence-corrected chi connectivity index (χ2v) is 5.81. The highest BCUT2D eigenvalue weighted by Gasteiger charge is 2.36. The molecule has 3 N–H and O–H groups in total. The van der Waals surface area contributed by atoms with Gasteiger partial charge in [-0.15, -0.1) is 0 Å². The van der Waals surface area contributed by atoms with Crippen molar-refractivity contribution in [3.8, 4) is 0 Å². The molecule has 0 aromatic rings. The molecule has 0 spiro atoms. The highest BCUT2D eigenvalue weighted by atomic mass is 32.2. The monoisotopic (exact) mass is 274 g/mol. The Morgan fingerprint density at radius 3 is 2.50 bits per heavy atom. The Morgan fingerprint density at radius 2 is 2.06 bits per heavy atom. The third kappa shape index (κ3) is 3.80. The van der Waals surface area contributed by atoms with Gasteiger partial charge < -0.3 is 15.7 Å². The van der Waals surface area contributed by atoms with Crippen molar-refractivity contribution in [3.63, 3.8) is 0 Å². The largest absolute Gasteiger partial charge is 0.480 e. The summed E-state index contributed by atoms with van der Waals surface area (Å²) in [5, 5.41) is 14.6. The Bertz CT molecular complexity index is 300. The second kappa shape index (κ2) is 6.87. The summed E-state index contributed by atoms with van der Waals surface area (Å²) in [7, 11) is 0. The minimum Gasteiger partial charge on any atom is -0.480 e. The van der Waals surface area contributed by atoms with E-state index in [0.29, 0.717) is 25.3 Å². The average molecular weight is 274 g/mol. The summed E-state index contributed by atoms with van der Waals surface area (Å²) >= 11 is 1.90. The van der Waals surface area contributed by atoms with Crippen LogP contribution in [-0.4, -0.2) is 40.7 Å². The van der Waals surface area contributed by atoms with Crippen molar-refractivity contribution >= 4 is 23.8 Å². The molecule has 0 aromatic heterocycles. The van der Waals surface area contributed by atoms with Crippen LogP contribution < -0.4 is 10.6 Å². The minimum atomic E-state index is -1.14. The number of rotatable bonds is 6. The SMILES string of the molecule is CCC(CC)(NC(=O)NCC1CCSC1)C(=O)O. The van der Waals surface area contributed by atoms with Crippen molar-refractivity contribution in [2.45, 2.75) is 38.6 Å². The quantitative estimate of drug-likeness (QED) is 0.688. The Hall–Kier alpha value is -0.910. The molecule has 1 heterocycles.